The molecule has 0 fully saturated rings. The van der Waals surface area contributed by atoms with Crippen molar-refractivity contribution in [1.29, 1.82) is 0 Å². The van der Waals surface area contributed by atoms with E-state index in [9.17, 15) is 23.3 Å². The molecule has 208 valence electrons. The van der Waals surface area contributed by atoms with Gasteiger partial charge >= 0.3 is 6.09 Å². The first-order valence-corrected chi connectivity index (χ1v) is 14.8. The Kier molecular flexibility index (Phi) is 10.7. The van der Waals surface area contributed by atoms with Crippen LogP contribution in [0, 0.1) is 10.1 Å². The van der Waals surface area contributed by atoms with Gasteiger partial charge in [0, 0.05) is 26.3 Å². The number of methoxy groups -OCH3 is 1. The summed E-state index contributed by atoms with van der Waals surface area (Å²) in [6, 6.07) is 4.42. The quantitative estimate of drug-likeness (QED) is 0.0930. The van der Waals surface area contributed by atoms with Crippen LogP contribution in [0.3, 0.4) is 0 Å². The van der Waals surface area contributed by atoms with E-state index in [1.54, 1.807) is 33.8 Å². The second kappa shape index (κ2) is 12.7. The van der Waals surface area contributed by atoms with Crippen molar-refractivity contribution >= 4 is 50.4 Å². The zero-order valence-electron chi connectivity index (χ0n) is 22.0. The number of aliphatic imine (C=N–C) groups is 1. The SMILES string of the molecule is COCCOCN(C(=O)OC(C)(C)C)C1=N[C@](C)(c2cc([N+](=O)[O-])ccc2CCCI)CS(=O)(=O)N1C. The summed E-state index contributed by atoms with van der Waals surface area (Å²) in [4.78, 5) is 30.0. The van der Waals surface area contributed by atoms with Crippen LogP contribution in [0.1, 0.15) is 45.2 Å². The van der Waals surface area contributed by atoms with Crippen LogP contribution < -0.4 is 0 Å². The van der Waals surface area contributed by atoms with Crippen molar-refractivity contribution in [2.24, 2.45) is 4.99 Å². The molecule has 0 unspecified atom stereocenters. The van der Waals surface area contributed by atoms with Crippen molar-refractivity contribution in [3.8, 4) is 0 Å². The van der Waals surface area contributed by atoms with Crippen LogP contribution in [0.15, 0.2) is 23.2 Å². The molecule has 1 amide bonds. The van der Waals surface area contributed by atoms with Gasteiger partial charge in [0.1, 0.15) is 17.9 Å². The highest BCUT2D eigenvalue weighted by molar-refractivity contribution is 14.1. The second-order valence-electron chi connectivity index (χ2n) is 9.74. The van der Waals surface area contributed by atoms with E-state index < -0.39 is 37.9 Å². The minimum atomic E-state index is -3.99. The molecule has 14 heteroatoms. The van der Waals surface area contributed by atoms with Gasteiger partial charge in [-0.15, -0.1) is 0 Å². The number of ether oxygens (including phenoxy) is 3. The van der Waals surface area contributed by atoms with E-state index >= 15 is 0 Å². The van der Waals surface area contributed by atoms with Gasteiger partial charge in [-0.05, 0) is 56.1 Å². The third-order valence-corrected chi connectivity index (χ3v) is 8.17. The van der Waals surface area contributed by atoms with Crippen LogP contribution >= 0.6 is 22.6 Å². The number of aryl methyl sites for hydroxylation is 1. The predicted molar refractivity (Wildman–Crippen MR) is 147 cm³/mol. The topological polar surface area (TPSA) is 141 Å². The summed E-state index contributed by atoms with van der Waals surface area (Å²) in [5.41, 5.74) is -1.28. The fraction of sp³-hybridized carbons (Fsp3) is 0.652. The first kappa shape index (κ1) is 31.2. The number of hydrogen-bond donors (Lipinski definition) is 0. The molecule has 0 saturated carbocycles. The molecular weight excluding hydrogens is 619 g/mol. The van der Waals surface area contributed by atoms with Crippen molar-refractivity contribution in [2.45, 2.75) is 51.7 Å². The summed E-state index contributed by atoms with van der Waals surface area (Å²) < 4.78 is 44.6. The molecule has 0 bridgehead atoms. The Morgan fingerprint density at radius 1 is 1.32 bits per heavy atom. The van der Waals surface area contributed by atoms with Gasteiger partial charge in [-0.2, -0.15) is 0 Å². The number of nitro benzene ring substituents is 1. The van der Waals surface area contributed by atoms with Gasteiger partial charge < -0.3 is 14.2 Å². The van der Waals surface area contributed by atoms with E-state index in [0.717, 1.165) is 25.6 Å². The average molecular weight is 655 g/mol. The first-order valence-electron chi connectivity index (χ1n) is 11.6. The molecule has 0 N–H and O–H groups in total. The lowest BCUT2D eigenvalue weighted by molar-refractivity contribution is -0.385. The van der Waals surface area contributed by atoms with Crippen molar-refractivity contribution in [2.75, 3.05) is 44.3 Å². The number of nitrogens with zero attached hydrogens (tertiary/aromatic N) is 4. The Morgan fingerprint density at radius 3 is 2.57 bits per heavy atom. The molecule has 0 spiro atoms. The highest BCUT2D eigenvalue weighted by Gasteiger charge is 2.45. The number of sulfonamides is 1. The standard InChI is InChI=1S/C23H35IN4O8S/c1-22(2,3)36-21(29)27(16-35-13-12-34-6)20-25-23(4,15-37(32,33)26(20)5)19-14-18(28(30)31)10-9-17(19)8-7-11-24/h9-10,14H,7-8,11-13,15-16H2,1-6H3/t23-/m0/s1. The fourth-order valence-corrected chi connectivity index (χ4v) is 5.62. The van der Waals surface area contributed by atoms with E-state index in [1.165, 1.54) is 26.3 Å². The van der Waals surface area contributed by atoms with E-state index in [2.05, 4.69) is 22.6 Å². The maximum atomic E-state index is 13.4. The van der Waals surface area contributed by atoms with Gasteiger partial charge in [0.15, 0.2) is 0 Å². The number of halogens is 1. The third-order valence-electron chi connectivity index (χ3n) is 5.48. The monoisotopic (exact) mass is 654 g/mol. The number of benzene rings is 1. The van der Waals surface area contributed by atoms with Crippen LogP contribution in [0.4, 0.5) is 10.5 Å². The zero-order valence-corrected chi connectivity index (χ0v) is 25.0. The normalized spacial score (nSPS) is 19.3. The maximum Gasteiger partial charge on any atom is 0.419 e. The smallest absolute Gasteiger partial charge is 0.419 e. The summed E-state index contributed by atoms with van der Waals surface area (Å²) >= 11 is 2.24. The lowest BCUT2D eigenvalue weighted by atomic mass is 9.88. The van der Waals surface area contributed by atoms with Crippen LogP contribution in [-0.4, -0.2) is 84.5 Å². The molecule has 2 rings (SSSR count). The summed E-state index contributed by atoms with van der Waals surface area (Å²) in [5.74, 6) is -0.641. The summed E-state index contributed by atoms with van der Waals surface area (Å²) in [6.07, 6.45) is 0.532. The number of hydrogen-bond acceptors (Lipinski definition) is 9. The Morgan fingerprint density at radius 2 is 2.00 bits per heavy atom. The van der Waals surface area contributed by atoms with Gasteiger partial charge in [0.2, 0.25) is 16.0 Å². The number of amides is 1. The number of nitro groups is 1. The zero-order chi connectivity index (χ0) is 28.0. The Labute approximate surface area is 231 Å². The molecule has 0 radical (unpaired) electrons. The van der Waals surface area contributed by atoms with Crippen LogP contribution in [0.2, 0.25) is 0 Å². The fourth-order valence-electron chi connectivity index (χ4n) is 3.73. The minimum absolute atomic E-state index is 0.141. The first-order chi connectivity index (χ1) is 17.1. The van der Waals surface area contributed by atoms with E-state index in [-0.39, 0.29) is 31.6 Å². The Bertz CT molecular complexity index is 1120. The predicted octanol–water partition coefficient (Wildman–Crippen LogP) is 3.67. The van der Waals surface area contributed by atoms with Crippen molar-refractivity contribution in [3.05, 3.63) is 39.4 Å². The van der Waals surface area contributed by atoms with Gasteiger partial charge in [0.05, 0.1) is 23.9 Å². The van der Waals surface area contributed by atoms with E-state index in [0.29, 0.717) is 12.0 Å². The van der Waals surface area contributed by atoms with Crippen molar-refractivity contribution in [3.63, 3.8) is 0 Å². The van der Waals surface area contributed by atoms with E-state index in [1.807, 2.05) is 0 Å². The Hall–Kier alpha value is -2.04. The summed E-state index contributed by atoms with van der Waals surface area (Å²) in [6.45, 7) is 6.71. The maximum absolute atomic E-state index is 13.4. The lowest BCUT2D eigenvalue weighted by Crippen LogP contribution is -2.56. The minimum Gasteiger partial charge on any atom is -0.443 e. The Balaban J connectivity index is 2.70. The lowest BCUT2D eigenvalue weighted by Gasteiger charge is -2.40. The molecular formula is C23H35IN4O8S. The molecule has 1 aromatic carbocycles. The summed E-state index contributed by atoms with van der Waals surface area (Å²) in [5, 5.41) is 11.6. The molecule has 1 atom stereocenters. The van der Waals surface area contributed by atoms with Crippen LogP contribution in [0.5, 0.6) is 0 Å². The number of non-ortho nitro benzene ring substituents is 1. The molecule has 1 aromatic rings. The molecule has 0 saturated heterocycles. The van der Waals surface area contributed by atoms with Gasteiger partial charge in [-0.25, -0.2) is 27.4 Å². The van der Waals surface area contributed by atoms with Gasteiger partial charge in [0.25, 0.3) is 5.69 Å². The molecule has 1 aliphatic rings. The van der Waals surface area contributed by atoms with E-state index in [4.69, 9.17) is 19.2 Å². The molecule has 1 aliphatic heterocycles. The highest BCUT2D eigenvalue weighted by Crippen LogP contribution is 2.37. The molecule has 0 aliphatic carbocycles. The number of rotatable bonds is 10. The number of carbonyl (C=O) groups is 1. The number of alkyl halides is 1. The molecule has 0 aromatic heterocycles. The molecule has 37 heavy (non-hydrogen) atoms. The molecule has 1 heterocycles. The number of guanidine groups is 1. The molecule has 12 nitrogen and oxygen atoms in total. The number of carbonyl (C=O) groups excluding carboxylic acids is 1. The van der Waals surface area contributed by atoms with Gasteiger partial charge in [-0.3, -0.25) is 10.1 Å². The van der Waals surface area contributed by atoms with Crippen molar-refractivity contribution < 1.29 is 32.3 Å². The largest absolute Gasteiger partial charge is 0.443 e. The summed E-state index contributed by atoms with van der Waals surface area (Å²) in [7, 11) is -1.20. The third kappa shape index (κ3) is 8.22. The van der Waals surface area contributed by atoms with Crippen LogP contribution in [-0.2, 0) is 36.2 Å². The van der Waals surface area contributed by atoms with Crippen molar-refractivity contribution in [1.82, 2.24) is 9.21 Å². The van der Waals surface area contributed by atoms with Gasteiger partial charge in [-0.1, -0.05) is 28.7 Å². The average Bonchev–Trinajstić information content (AvgIpc) is 2.78. The highest BCUT2D eigenvalue weighted by atomic mass is 127. The second-order valence-corrected chi connectivity index (χ2v) is 12.8. The van der Waals surface area contributed by atoms with Crippen LogP contribution in [0.25, 0.3) is 0 Å².